The van der Waals surface area contributed by atoms with Crippen LogP contribution in [0.25, 0.3) is 10.2 Å². The molecule has 2 N–H and O–H groups in total. The number of hydrogen-bond acceptors (Lipinski definition) is 4. The van der Waals surface area contributed by atoms with E-state index in [2.05, 4.69) is 36.4 Å². The fraction of sp³-hybridized carbons (Fsp3) is 0.250. The van der Waals surface area contributed by atoms with Gasteiger partial charge in [-0.1, -0.05) is 44.2 Å². The van der Waals surface area contributed by atoms with Crippen molar-refractivity contribution in [2.75, 3.05) is 10.6 Å². The SMILES string of the molecule is CC(=O)Nc1nc2ccc(NC(=O)c3ccc(C(C)(C)C)cc3)cc2s1. The van der Waals surface area contributed by atoms with Gasteiger partial charge < -0.3 is 10.6 Å². The zero-order chi connectivity index (χ0) is 18.9. The molecule has 0 aliphatic heterocycles. The normalized spacial score (nSPS) is 11.4. The van der Waals surface area contributed by atoms with Gasteiger partial charge in [0, 0.05) is 18.2 Å². The van der Waals surface area contributed by atoms with Crippen molar-refractivity contribution in [3.05, 3.63) is 53.6 Å². The molecule has 0 atom stereocenters. The van der Waals surface area contributed by atoms with Crippen molar-refractivity contribution >= 4 is 44.2 Å². The first-order valence-electron chi connectivity index (χ1n) is 8.32. The third-order valence-corrected chi connectivity index (χ3v) is 4.88. The van der Waals surface area contributed by atoms with Gasteiger partial charge in [-0.05, 0) is 41.3 Å². The molecule has 0 bridgehead atoms. The Hall–Kier alpha value is -2.73. The van der Waals surface area contributed by atoms with Gasteiger partial charge in [-0.15, -0.1) is 0 Å². The summed E-state index contributed by atoms with van der Waals surface area (Å²) in [6.07, 6.45) is 0. The summed E-state index contributed by atoms with van der Waals surface area (Å²) in [5.74, 6) is -0.312. The molecule has 3 aromatic rings. The van der Waals surface area contributed by atoms with Crippen LogP contribution in [-0.4, -0.2) is 16.8 Å². The molecule has 3 rings (SSSR count). The van der Waals surface area contributed by atoms with Crippen LogP contribution in [0.1, 0.15) is 43.6 Å². The minimum Gasteiger partial charge on any atom is -0.322 e. The molecule has 0 spiro atoms. The standard InChI is InChI=1S/C20H21N3O2S/c1-12(24)21-19-23-16-10-9-15(11-17(16)26-19)22-18(25)13-5-7-14(8-6-13)20(2,3)4/h5-11H,1-4H3,(H,22,25)(H,21,23,24). The quantitative estimate of drug-likeness (QED) is 0.698. The molecule has 0 aliphatic rings. The van der Waals surface area contributed by atoms with E-state index >= 15 is 0 Å². The van der Waals surface area contributed by atoms with Crippen LogP contribution in [0.2, 0.25) is 0 Å². The average Bonchev–Trinajstić information content (AvgIpc) is 2.94. The van der Waals surface area contributed by atoms with E-state index in [0.29, 0.717) is 16.4 Å². The first-order valence-corrected chi connectivity index (χ1v) is 9.14. The number of thiazole rings is 1. The first-order chi connectivity index (χ1) is 12.2. The molecular weight excluding hydrogens is 346 g/mol. The Bertz CT molecular complexity index is 969. The molecule has 1 aromatic heterocycles. The second-order valence-electron chi connectivity index (χ2n) is 7.16. The zero-order valence-corrected chi connectivity index (χ0v) is 16.0. The second kappa shape index (κ2) is 6.88. The van der Waals surface area contributed by atoms with Crippen molar-refractivity contribution in [2.24, 2.45) is 0 Å². The number of nitrogens with zero attached hydrogens (tertiary/aromatic N) is 1. The van der Waals surface area contributed by atoms with E-state index in [0.717, 1.165) is 10.2 Å². The minimum atomic E-state index is -0.156. The van der Waals surface area contributed by atoms with Crippen molar-refractivity contribution < 1.29 is 9.59 Å². The van der Waals surface area contributed by atoms with Gasteiger partial charge in [0.05, 0.1) is 10.2 Å². The molecule has 134 valence electrons. The van der Waals surface area contributed by atoms with Crippen LogP contribution < -0.4 is 10.6 Å². The van der Waals surface area contributed by atoms with Crippen molar-refractivity contribution in [1.82, 2.24) is 4.98 Å². The molecule has 2 amide bonds. The van der Waals surface area contributed by atoms with E-state index in [1.165, 1.54) is 23.8 Å². The summed E-state index contributed by atoms with van der Waals surface area (Å²) in [4.78, 5) is 28.0. The first kappa shape index (κ1) is 18.1. The number of benzene rings is 2. The number of anilines is 2. The van der Waals surface area contributed by atoms with E-state index < -0.39 is 0 Å². The third-order valence-electron chi connectivity index (χ3n) is 3.94. The smallest absolute Gasteiger partial charge is 0.255 e. The number of rotatable bonds is 3. The molecule has 6 heteroatoms. The van der Waals surface area contributed by atoms with Gasteiger partial charge >= 0.3 is 0 Å². The van der Waals surface area contributed by atoms with Crippen LogP contribution in [0.4, 0.5) is 10.8 Å². The summed E-state index contributed by atoms with van der Waals surface area (Å²) in [6, 6.07) is 13.2. The molecule has 5 nitrogen and oxygen atoms in total. The lowest BCUT2D eigenvalue weighted by Gasteiger charge is -2.19. The summed E-state index contributed by atoms with van der Waals surface area (Å²) in [6.45, 7) is 7.87. The fourth-order valence-electron chi connectivity index (χ4n) is 2.53. The number of aromatic nitrogens is 1. The summed E-state index contributed by atoms with van der Waals surface area (Å²) >= 11 is 1.37. The van der Waals surface area contributed by atoms with E-state index in [1.54, 1.807) is 6.07 Å². The molecule has 26 heavy (non-hydrogen) atoms. The molecule has 1 heterocycles. The van der Waals surface area contributed by atoms with Crippen LogP contribution in [0.3, 0.4) is 0 Å². The van der Waals surface area contributed by atoms with Gasteiger partial charge in [-0.3, -0.25) is 9.59 Å². The summed E-state index contributed by atoms with van der Waals surface area (Å²) in [7, 11) is 0. The lowest BCUT2D eigenvalue weighted by molar-refractivity contribution is -0.114. The van der Waals surface area contributed by atoms with Crippen LogP contribution in [-0.2, 0) is 10.2 Å². The van der Waals surface area contributed by atoms with Crippen molar-refractivity contribution in [3.63, 3.8) is 0 Å². The number of amides is 2. The third kappa shape index (κ3) is 4.08. The van der Waals surface area contributed by atoms with Crippen molar-refractivity contribution in [2.45, 2.75) is 33.1 Å². The van der Waals surface area contributed by atoms with E-state index in [9.17, 15) is 9.59 Å². The Morgan fingerprint density at radius 2 is 1.69 bits per heavy atom. The highest BCUT2D eigenvalue weighted by Gasteiger charge is 2.14. The monoisotopic (exact) mass is 367 g/mol. The maximum atomic E-state index is 12.5. The highest BCUT2D eigenvalue weighted by Crippen LogP contribution is 2.28. The summed E-state index contributed by atoms with van der Waals surface area (Å²) in [5, 5.41) is 6.14. The Morgan fingerprint density at radius 3 is 2.31 bits per heavy atom. The molecule has 2 aromatic carbocycles. The largest absolute Gasteiger partial charge is 0.322 e. The maximum absolute atomic E-state index is 12.5. The number of hydrogen-bond donors (Lipinski definition) is 2. The van der Waals surface area contributed by atoms with E-state index in [1.807, 2.05) is 36.4 Å². The Kier molecular flexibility index (Phi) is 4.78. The van der Waals surface area contributed by atoms with Gasteiger partial charge in [-0.2, -0.15) is 0 Å². The zero-order valence-electron chi connectivity index (χ0n) is 15.2. The van der Waals surface area contributed by atoms with Crippen LogP contribution in [0, 0.1) is 0 Å². The Labute approximate surface area is 156 Å². The van der Waals surface area contributed by atoms with Gasteiger partial charge in [0.2, 0.25) is 5.91 Å². The number of carbonyl (C=O) groups is 2. The van der Waals surface area contributed by atoms with Gasteiger partial charge in [0.25, 0.3) is 5.91 Å². The molecule has 0 aliphatic carbocycles. The van der Waals surface area contributed by atoms with Crippen LogP contribution in [0.5, 0.6) is 0 Å². The lowest BCUT2D eigenvalue weighted by Crippen LogP contribution is -2.14. The number of fused-ring (bicyclic) bond motifs is 1. The number of nitrogens with one attached hydrogen (secondary N) is 2. The predicted octanol–water partition coefficient (Wildman–Crippen LogP) is 4.80. The van der Waals surface area contributed by atoms with Crippen LogP contribution >= 0.6 is 11.3 Å². The van der Waals surface area contributed by atoms with Gasteiger partial charge in [0.1, 0.15) is 0 Å². The van der Waals surface area contributed by atoms with Crippen LogP contribution in [0.15, 0.2) is 42.5 Å². The highest BCUT2D eigenvalue weighted by atomic mass is 32.1. The van der Waals surface area contributed by atoms with Crippen molar-refractivity contribution in [3.8, 4) is 0 Å². The molecule has 0 saturated carbocycles. The minimum absolute atomic E-state index is 0.0534. The van der Waals surface area contributed by atoms with E-state index in [4.69, 9.17) is 0 Å². The predicted molar refractivity (Wildman–Crippen MR) is 107 cm³/mol. The molecule has 0 unspecified atom stereocenters. The lowest BCUT2D eigenvalue weighted by atomic mass is 9.87. The number of carbonyl (C=O) groups excluding carboxylic acids is 2. The Balaban J connectivity index is 1.77. The van der Waals surface area contributed by atoms with Crippen molar-refractivity contribution in [1.29, 1.82) is 0 Å². The van der Waals surface area contributed by atoms with Gasteiger partial charge in [-0.25, -0.2) is 4.98 Å². The molecule has 0 radical (unpaired) electrons. The maximum Gasteiger partial charge on any atom is 0.255 e. The molecular formula is C20H21N3O2S. The molecule has 0 fully saturated rings. The topological polar surface area (TPSA) is 71.1 Å². The average molecular weight is 367 g/mol. The van der Waals surface area contributed by atoms with E-state index in [-0.39, 0.29) is 17.2 Å². The van der Waals surface area contributed by atoms with Gasteiger partial charge in [0.15, 0.2) is 5.13 Å². The fourth-order valence-corrected chi connectivity index (χ4v) is 3.48. The Morgan fingerprint density at radius 1 is 1.00 bits per heavy atom. The summed E-state index contributed by atoms with van der Waals surface area (Å²) < 4.78 is 0.898. The second-order valence-corrected chi connectivity index (χ2v) is 8.19. The highest BCUT2D eigenvalue weighted by molar-refractivity contribution is 7.22. The molecule has 0 saturated heterocycles. The summed E-state index contributed by atoms with van der Waals surface area (Å²) in [5.41, 5.74) is 3.33.